The van der Waals surface area contributed by atoms with Gasteiger partial charge < -0.3 is 14.1 Å². The van der Waals surface area contributed by atoms with Crippen LogP contribution in [-0.2, 0) is 23.2 Å². The molecule has 0 fully saturated rings. The van der Waals surface area contributed by atoms with Gasteiger partial charge in [-0.05, 0) is 11.6 Å². The number of nitrogens with zero attached hydrogens (tertiary/aromatic N) is 1. The second-order valence-corrected chi connectivity index (χ2v) is 4.55. The van der Waals surface area contributed by atoms with Crippen LogP contribution in [-0.4, -0.2) is 17.5 Å². The first-order valence-corrected chi connectivity index (χ1v) is 5.90. The second-order valence-electron chi connectivity index (χ2n) is 4.55. The van der Waals surface area contributed by atoms with Gasteiger partial charge in [0, 0.05) is 36.0 Å². The average Bonchev–Trinajstić information content (AvgIpc) is 2.66. The van der Waals surface area contributed by atoms with Crippen molar-refractivity contribution in [1.29, 1.82) is 0 Å². The van der Waals surface area contributed by atoms with E-state index in [0.717, 1.165) is 6.29 Å². The summed E-state index contributed by atoms with van der Waals surface area (Å²) in [6.07, 6.45) is 1.53. The highest BCUT2D eigenvalue weighted by molar-refractivity contribution is 5.86. The topological polar surface area (TPSA) is 31.2 Å². The van der Waals surface area contributed by atoms with E-state index >= 15 is 0 Å². The number of carbonyl (C=O) groups excluding carboxylic acids is 1. The molecule has 88 valence electrons. The van der Waals surface area contributed by atoms with Gasteiger partial charge in [-0.2, -0.15) is 0 Å². The Labute approximate surface area is 100.0 Å². The number of hydrogen-bond acceptors (Lipinski definition) is 2. The maximum Gasteiger partial charge on any atom is 0.120 e. The van der Waals surface area contributed by atoms with Crippen LogP contribution in [0.25, 0.3) is 10.9 Å². The summed E-state index contributed by atoms with van der Waals surface area (Å²) in [6, 6.07) is 8.35. The van der Waals surface area contributed by atoms with E-state index < -0.39 is 0 Å². The lowest BCUT2D eigenvalue weighted by Gasteiger charge is -2.22. The molecule has 0 aliphatic carbocycles. The van der Waals surface area contributed by atoms with Gasteiger partial charge in [-0.3, -0.25) is 0 Å². The molecule has 2 aromatic rings. The van der Waals surface area contributed by atoms with Gasteiger partial charge in [0.15, 0.2) is 0 Å². The Hall–Kier alpha value is -1.61. The van der Waals surface area contributed by atoms with Crippen LogP contribution in [0, 0.1) is 0 Å². The van der Waals surface area contributed by atoms with E-state index in [0.29, 0.717) is 19.6 Å². The van der Waals surface area contributed by atoms with Crippen LogP contribution in [0.1, 0.15) is 23.6 Å². The van der Waals surface area contributed by atoms with Crippen molar-refractivity contribution >= 4 is 17.2 Å². The lowest BCUT2D eigenvalue weighted by molar-refractivity contribution is -0.108. The number of rotatable bonds is 2. The maximum atomic E-state index is 10.8. The molecule has 1 atom stereocenters. The van der Waals surface area contributed by atoms with Crippen molar-refractivity contribution in [3.63, 3.8) is 0 Å². The third-order valence-corrected chi connectivity index (χ3v) is 3.62. The Bertz CT molecular complexity index is 571. The molecular formula is C14H15NO2. The van der Waals surface area contributed by atoms with Crippen molar-refractivity contribution in [2.75, 3.05) is 6.61 Å². The largest absolute Gasteiger partial charge is 0.375 e. The highest BCUT2D eigenvalue weighted by Gasteiger charge is 2.26. The number of benzene rings is 1. The van der Waals surface area contributed by atoms with Gasteiger partial charge in [-0.1, -0.05) is 18.2 Å². The van der Waals surface area contributed by atoms with E-state index in [-0.39, 0.29) is 5.92 Å². The molecule has 0 spiro atoms. The molecule has 0 radical (unpaired) electrons. The van der Waals surface area contributed by atoms with Crippen LogP contribution in [0.15, 0.2) is 24.3 Å². The second kappa shape index (κ2) is 4.00. The van der Waals surface area contributed by atoms with Gasteiger partial charge in [0.1, 0.15) is 6.29 Å². The van der Waals surface area contributed by atoms with Crippen LogP contribution in [0.3, 0.4) is 0 Å². The molecule has 17 heavy (non-hydrogen) atoms. The maximum absolute atomic E-state index is 10.8. The molecule has 0 saturated heterocycles. The van der Waals surface area contributed by atoms with Crippen LogP contribution in [0.2, 0.25) is 0 Å². The Morgan fingerprint density at radius 3 is 3.12 bits per heavy atom. The standard InChI is InChI=1S/C14H15NO2/c1-15-12-5-3-2-4-11(12)14-10(6-7-16)8-17-9-13(14)15/h2-5,7,10H,6,8-9H2,1H3/t10-/m0/s1. The zero-order valence-corrected chi connectivity index (χ0v) is 9.85. The average molecular weight is 229 g/mol. The van der Waals surface area contributed by atoms with Crippen molar-refractivity contribution in [2.24, 2.45) is 7.05 Å². The first-order valence-electron chi connectivity index (χ1n) is 5.90. The summed E-state index contributed by atoms with van der Waals surface area (Å²) in [4.78, 5) is 10.8. The van der Waals surface area contributed by atoms with E-state index in [9.17, 15) is 4.79 Å². The van der Waals surface area contributed by atoms with Crippen LogP contribution in [0.4, 0.5) is 0 Å². The van der Waals surface area contributed by atoms with Crippen LogP contribution < -0.4 is 0 Å². The molecule has 0 amide bonds. The third kappa shape index (κ3) is 1.50. The fourth-order valence-corrected chi connectivity index (χ4v) is 2.79. The smallest absolute Gasteiger partial charge is 0.120 e. The van der Waals surface area contributed by atoms with Crippen molar-refractivity contribution in [2.45, 2.75) is 18.9 Å². The molecule has 1 aliphatic heterocycles. The summed E-state index contributed by atoms with van der Waals surface area (Å²) >= 11 is 0. The number of ether oxygens (including phenoxy) is 1. The zero-order chi connectivity index (χ0) is 11.8. The van der Waals surface area contributed by atoms with Crippen LogP contribution in [0.5, 0.6) is 0 Å². The molecule has 3 heteroatoms. The summed E-state index contributed by atoms with van der Waals surface area (Å²) in [5, 5.41) is 1.26. The minimum Gasteiger partial charge on any atom is -0.375 e. The normalized spacial score (nSPS) is 19.2. The lowest BCUT2D eigenvalue weighted by atomic mass is 9.92. The van der Waals surface area contributed by atoms with Crippen LogP contribution >= 0.6 is 0 Å². The molecule has 0 N–H and O–H groups in total. The molecule has 0 unspecified atom stereocenters. The Kier molecular flexibility index (Phi) is 2.48. The SMILES string of the molecule is Cn1c2c(c3ccccc31)[C@@H](CC=O)COC2. The molecule has 3 nitrogen and oxygen atoms in total. The van der Waals surface area contributed by atoms with Crippen molar-refractivity contribution in [3.8, 4) is 0 Å². The van der Waals surface area contributed by atoms with E-state index in [4.69, 9.17) is 4.74 Å². The third-order valence-electron chi connectivity index (χ3n) is 3.62. The van der Waals surface area contributed by atoms with E-state index in [1.807, 2.05) is 6.07 Å². The van der Waals surface area contributed by atoms with Gasteiger partial charge in [0.25, 0.3) is 0 Å². The lowest BCUT2D eigenvalue weighted by Crippen LogP contribution is -2.17. The van der Waals surface area contributed by atoms with Gasteiger partial charge in [0.05, 0.1) is 13.2 Å². The monoisotopic (exact) mass is 229 g/mol. The summed E-state index contributed by atoms with van der Waals surface area (Å²) in [5.74, 6) is 0.211. The fraction of sp³-hybridized carbons (Fsp3) is 0.357. The molecule has 1 aromatic heterocycles. The minimum atomic E-state index is 0.211. The van der Waals surface area contributed by atoms with Crippen molar-refractivity contribution < 1.29 is 9.53 Å². The van der Waals surface area contributed by atoms with E-state index in [1.165, 1.54) is 22.2 Å². The molecule has 0 saturated carbocycles. The Morgan fingerprint density at radius 2 is 2.29 bits per heavy atom. The van der Waals surface area contributed by atoms with Crippen molar-refractivity contribution in [3.05, 3.63) is 35.5 Å². The number of aryl methyl sites for hydroxylation is 1. The number of aldehydes is 1. The number of hydrogen-bond donors (Lipinski definition) is 0. The molecule has 1 aromatic carbocycles. The molecule has 0 bridgehead atoms. The van der Waals surface area contributed by atoms with Gasteiger partial charge in [-0.15, -0.1) is 0 Å². The van der Waals surface area contributed by atoms with E-state index in [1.54, 1.807) is 0 Å². The van der Waals surface area contributed by atoms with Gasteiger partial charge >= 0.3 is 0 Å². The summed E-state index contributed by atoms with van der Waals surface area (Å²) in [6.45, 7) is 1.30. The number of para-hydroxylation sites is 1. The molecule has 1 aliphatic rings. The zero-order valence-electron chi connectivity index (χ0n) is 9.85. The first-order chi connectivity index (χ1) is 8.33. The number of aromatic nitrogens is 1. The van der Waals surface area contributed by atoms with E-state index in [2.05, 4.69) is 29.8 Å². The Morgan fingerprint density at radius 1 is 1.47 bits per heavy atom. The predicted octanol–water partition coefficient (Wildman–Crippen LogP) is 2.38. The first kappa shape index (κ1) is 10.5. The quantitative estimate of drug-likeness (QED) is 0.740. The van der Waals surface area contributed by atoms with Crippen molar-refractivity contribution in [1.82, 2.24) is 4.57 Å². The minimum absolute atomic E-state index is 0.211. The predicted molar refractivity (Wildman–Crippen MR) is 66.0 cm³/mol. The number of fused-ring (bicyclic) bond motifs is 3. The summed E-state index contributed by atoms with van der Waals surface area (Å²) < 4.78 is 7.77. The molecular weight excluding hydrogens is 214 g/mol. The van der Waals surface area contributed by atoms with Gasteiger partial charge in [0.2, 0.25) is 0 Å². The number of carbonyl (C=O) groups is 1. The highest BCUT2D eigenvalue weighted by atomic mass is 16.5. The molecule has 3 rings (SSSR count). The highest BCUT2D eigenvalue weighted by Crippen LogP contribution is 2.36. The summed E-state index contributed by atoms with van der Waals surface area (Å²) in [7, 11) is 2.06. The van der Waals surface area contributed by atoms with Gasteiger partial charge in [-0.25, -0.2) is 0 Å². The Balaban J connectivity index is 2.27. The summed E-state index contributed by atoms with van der Waals surface area (Å²) in [5.41, 5.74) is 3.74. The molecule has 2 heterocycles. The fourth-order valence-electron chi connectivity index (χ4n) is 2.79.